The lowest BCUT2D eigenvalue weighted by molar-refractivity contribution is -0.135. The second kappa shape index (κ2) is 8.57. The Hall–Kier alpha value is -3.09. The van der Waals surface area contributed by atoms with Gasteiger partial charge in [-0.15, -0.1) is 4.99 Å². The van der Waals surface area contributed by atoms with Crippen LogP contribution in [0.25, 0.3) is 0 Å². The molecule has 0 unspecified atom stereocenters. The molecule has 168 valence electrons. The van der Waals surface area contributed by atoms with Crippen LogP contribution < -0.4 is 5.32 Å². The molecule has 0 saturated heterocycles. The molecule has 0 fully saturated rings. The van der Waals surface area contributed by atoms with Crippen LogP contribution in [0.2, 0.25) is 0 Å². The number of amides is 3. The molecular weight excluding hydrogens is 441 g/mol. The van der Waals surface area contributed by atoms with Gasteiger partial charge in [-0.2, -0.15) is 13.2 Å². The largest absolute Gasteiger partial charge is 0.431 e. The first-order valence-electron chi connectivity index (χ1n) is 9.10. The van der Waals surface area contributed by atoms with E-state index in [-0.39, 0.29) is 36.2 Å². The highest BCUT2D eigenvalue weighted by atomic mass is 32.2. The summed E-state index contributed by atoms with van der Waals surface area (Å²) in [5.41, 5.74) is 0.623. The third-order valence-electron chi connectivity index (χ3n) is 4.50. The molecule has 2 aliphatic rings. The van der Waals surface area contributed by atoms with E-state index in [0.29, 0.717) is 5.56 Å². The van der Waals surface area contributed by atoms with E-state index < -0.39 is 40.9 Å². The van der Waals surface area contributed by atoms with E-state index in [1.165, 1.54) is 21.9 Å². The Morgan fingerprint density at radius 2 is 1.90 bits per heavy atom. The predicted molar refractivity (Wildman–Crippen MR) is 102 cm³/mol. The minimum Gasteiger partial charge on any atom is -0.431 e. The van der Waals surface area contributed by atoms with Crippen LogP contribution >= 0.6 is 0 Å². The second-order valence-electron chi connectivity index (χ2n) is 6.91. The molecule has 0 atom stereocenters. The minimum absolute atomic E-state index is 0.0481. The van der Waals surface area contributed by atoms with E-state index in [4.69, 9.17) is 4.74 Å². The van der Waals surface area contributed by atoms with Gasteiger partial charge in [-0.3, -0.25) is 9.69 Å². The smallest absolute Gasteiger partial charge is 0.390 e. The summed E-state index contributed by atoms with van der Waals surface area (Å²) in [6.07, 6.45) is -3.43. The molecule has 31 heavy (non-hydrogen) atoms. The number of ether oxygens (including phenoxy) is 1. The molecule has 9 nitrogen and oxygen atoms in total. The normalized spacial score (nSPS) is 16.8. The number of alkyl halides is 3. The van der Waals surface area contributed by atoms with Crippen LogP contribution in [0.15, 0.2) is 46.1 Å². The second-order valence-corrected chi connectivity index (χ2v) is 8.92. The average Bonchev–Trinajstić information content (AvgIpc) is 2.99. The lowest BCUT2D eigenvalue weighted by Crippen LogP contribution is -2.38. The number of carbonyl (C=O) groups is 2. The minimum atomic E-state index is -4.39. The van der Waals surface area contributed by atoms with Gasteiger partial charge < -0.3 is 15.0 Å². The Bertz CT molecular complexity index is 1040. The van der Waals surface area contributed by atoms with E-state index >= 15 is 0 Å². The van der Waals surface area contributed by atoms with Crippen molar-refractivity contribution in [3.63, 3.8) is 0 Å². The van der Waals surface area contributed by atoms with Crippen molar-refractivity contribution in [3.05, 3.63) is 41.8 Å². The van der Waals surface area contributed by atoms with E-state index in [2.05, 4.69) is 10.3 Å². The number of urea groups is 1. The first kappa shape index (κ1) is 22.6. The van der Waals surface area contributed by atoms with Crippen LogP contribution in [-0.2, 0) is 25.9 Å². The first-order chi connectivity index (χ1) is 14.4. The number of carbonyl (C=O) groups excluding carboxylic acids is 2. The number of benzene rings is 1. The van der Waals surface area contributed by atoms with Crippen LogP contribution in [0.5, 0.6) is 0 Å². The molecule has 0 aliphatic carbocycles. The fourth-order valence-electron chi connectivity index (χ4n) is 2.90. The van der Waals surface area contributed by atoms with Crippen LogP contribution in [0.1, 0.15) is 12.0 Å². The summed E-state index contributed by atoms with van der Waals surface area (Å²) in [6, 6.07) is 5.27. The summed E-state index contributed by atoms with van der Waals surface area (Å²) >= 11 is 0. The van der Waals surface area contributed by atoms with Crippen molar-refractivity contribution in [2.75, 3.05) is 25.9 Å². The number of hydrogen-bond donors (Lipinski definition) is 1. The Labute approximate surface area is 176 Å². The number of aliphatic imine (C=N–C) groups is 1. The fourth-order valence-corrected chi connectivity index (χ4v) is 3.53. The molecule has 1 N–H and O–H groups in total. The molecule has 0 saturated carbocycles. The summed E-state index contributed by atoms with van der Waals surface area (Å²) < 4.78 is 65.0. The molecule has 0 aromatic heterocycles. The summed E-state index contributed by atoms with van der Waals surface area (Å²) in [6.45, 7) is -0.167. The number of rotatable bonds is 6. The maximum Gasteiger partial charge on any atom is 0.390 e. The van der Waals surface area contributed by atoms with E-state index in [1.54, 1.807) is 12.1 Å². The molecule has 1 aromatic rings. The van der Waals surface area contributed by atoms with Crippen molar-refractivity contribution in [3.8, 4) is 0 Å². The van der Waals surface area contributed by atoms with Gasteiger partial charge in [0.05, 0.1) is 11.3 Å². The van der Waals surface area contributed by atoms with Crippen LogP contribution in [-0.4, -0.2) is 68.2 Å². The van der Waals surface area contributed by atoms with Crippen molar-refractivity contribution in [2.24, 2.45) is 4.99 Å². The van der Waals surface area contributed by atoms with Gasteiger partial charge >= 0.3 is 18.2 Å². The monoisotopic (exact) mass is 460 g/mol. The van der Waals surface area contributed by atoms with Crippen molar-refractivity contribution in [1.82, 2.24) is 15.1 Å². The summed E-state index contributed by atoms with van der Waals surface area (Å²) in [4.78, 5) is 31.3. The maximum atomic E-state index is 12.4. The van der Waals surface area contributed by atoms with E-state index in [0.717, 1.165) is 12.5 Å². The number of hydrogen-bond acceptors (Lipinski definition) is 6. The van der Waals surface area contributed by atoms with Crippen LogP contribution in [0.3, 0.4) is 0 Å². The van der Waals surface area contributed by atoms with Crippen molar-refractivity contribution < 1.29 is 35.9 Å². The number of amidine groups is 1. The van der Waals surface area contributed by atoms with Crippen molar-refractivity contribution in [2.45, 2.75) is 24.0 Å². The molecule has 2 aliphatic heterocycles. The highest BCUT2D eigenvalue weighted by Crippen LogP contribution is 2.21. The summed E-state index contributed by atoms with van der Waals surface area (Å²) in [5.74, 6) is -0.772. The van der Waals surface area contributed by atoms with Gasteiger partial charge in [-0.05, 0) is 17.7 Å². The average molecular weight is 460 g/mol. The number of sulfone groups is 1. The molecule has 0 bridgehead atoms. The molecule has 1 aromatic carbocycles. The Morgan fingerprint density at radius 1 is 1.23 bits per heavy atom. The highest BCUT2D eigenvalue weighted by molar-refractivity contribution is 7.90. The summed E-state index contributed by atoms with van der Waals surface area (Å²) in [7, 11) is -3.34. The molecular formula is C18H19F3N4O5S. The molecule has 13 heteroatoms. The number of fused-ring (bicyclic) bond motifs is 1. The van der Waals surface area contributed by atoms with E-state index in [9.17, 15) is 31.2 Å². The molecule has 0 radical (unpaired) electrons. The van der Waals surface area contributed by atoms with E-state index in [1.807, 2.05) is 0 Å². The maximum absolute atomic E-state index is 12.4. The third-order valence-corrected chi connectivity index (χ3v) is 5.63. The van der Waals surface area contributed by atoms with Crippen LogP contribution in [0, 0.1) is 0 Å². The van der Waals surface area contributed by atoms with Gasteiger partial charge in [0.25, 0.3) is 5.91 Å². The van der Waals surface area contributed by atoms with Gasteiger partial charge in [-0.25, -0.2) is 13.2 Å². The number of halogens is 3. The number of nitrogens with one attached hydrogen (secondary N) is 1. The first-order valence-corrected chi connectivity index (χ1v) is 11.0. The standard InChI is InChI=1S/C18H19F3N4O5S/c1-31(28,29)13-4-2-12(3-5-13)10-24-8-9-25-14(11-30-17(25)23-16(24)27)15(26)22-7-6-18(19,20)21/h2-5,11H,6-10H2,1H3,(H,22,26). The lowest BCUT2D eigenvalue weighted by Gasteiger charge is -2.21. The Balaban J connectivity index is 1.63. The topological polar surface area (TPSA) is 108 Å². The van der Waals surface area contributed by atoms with Crippen LogP contribution in [0.4, 0.5) is 18.0 Å². The third kappa shape index (κ3) is 5.75. The quantitative estimate of drug-likeness (QED) is 0.691. The lowest BCUT2D eigenvalue weighted by atomic mass is 10.2. The zero-order valence-electron chi connectivity index (χ0n) is 16.3. The molecule has 3 amide bonds. The Morgan fingerprint density at radius 3 is 2.52 bits per heavy atom. The predicted octanol–water partition coefficient (Wildman–Crippen LogP) is 1.62. The SMILES string of the molecule is CS(=O)(=O)c1ccc(CN2CCN3C(C(=O)NCCC(F)(F)F)=COC3=NC2=O)cc1. The Kier molecular flexibility index (Phi) is 6.25. The van der Waals surface area contributed by atoms with Crippen molar-refractivity contribution in [1.29, 1.82) is 0 Å². The molecule has 2 heterocycles. The highest BCUT2D eigenvalue weighted by Gasteiger charge is 2.34. The van der Waals surface area contributed by atoms with Gasteiger partial charge in [-0.1, -0.05) is 12.1 Å². The van der Waals surface area contributed by atoms with Gasteiger partial charge in [0.2, 0.25) is 0 Å². The van der Waals surface area contributed by atoms with Gasteiger partial charge in [0.15, 0.2) is 9.84 Å². The zero-order chi connectivity index (χ0) is 22.8. The molecule has 3 rings (SSSR count). The van der Waals surface area contributed by atoms with Gasteiger partial charge in [0.1, 0.15) is 12.0 Å². The summed E-state index contributed by atoms with van der Waals surface area (Å²) in [5, 5.41) is 2.16. The fraction of sp³-hybridized carbons (Fsp3) is 0.389. The zero-order valence-corrected chi connectivity index (χ0v) is 17.2. The molecule has 0 spiro atoms. The number of nitrogens with zero attached hydrogens (tertiary/aromatic N) is 3. The van der Waals surface area contributed by atoms with Crippen molar-refractivity contribution >= 4 is 27.8 Å². The van der Waals surface area contributed by atoms with Gasteiger partial charge in [0, 0.05) is 32.4 Å².